The number of ketones is 1. The Balaban J connectivity index is 1.54. The van der Waals surface area contributed by atoms with E-state index in [1.807, 2.05) is 12.1 Å². The number of fused-ring (bicyclic) bond motifs is 1. The van der Waals surface area contributed by atoms with E-state index in [1.165, 1.54) is 12.1 Å². The van der Waals surface area contributed by atoms with E-state index in [2.05, 4.69) is 24.5 Å². The Labute approximate surface area is 193 Å². The van der Waals surface area contributed by atoms with Crippen LogP contribution in [0.15, 0.2) is 48.5 Å². The zero-order valence-corrected chi connectivity index (χ0v) is 19.0. The number of phenolic OH excluding ortho intramolecular Hbond substituents is 1. The molecule has 1 aliphatic heterocycles. The first-order valence-corrected chi connectivity index (χ1v) is 11.4. The van der Waals surface area contributed by atoms with Crippen LogP contribution in [0.1, 0.15) is 60.5 Å². The predicted molar refractivity (Wildman–Crippen MR) is 123 cm³/mol. The van der Waals surface area contributed by atoms with Gasteiger partial charge in [-0.05, 0) is 60.6 Å². The van der Waals surface area contributed by atoms with Crippen molar-refractivity contribution in [2.24, 2.45) is 0 Å². The third-order valence-electron chi connectivity index (χ3n) is 6.68. The summed E-state index contributed by atoms with van der Waals surface area (Å²) in [4.78, 5) is 39.0. The Hall–Kier alpha value is -3.19. The lowest BCUT2D eigenvalue weighted by Gasteiger charge is -2.30. The van der Waals surface area contributed by atoms with Crippen molar-refractivity contribution in [3.8, 4) is 5.75 Å². The maximum absolute atomic E-state index is 13.4. The van der Waals surface area contributed by atoms with Crippen molar-refractivity contribution in [2.45, 2.75) is 63.1 Å². The molecule has 0 aromatic heterocycles. The molecule has 0 bridgehead atoms. The van der Waals surface area contributed by atoms with Gasteiger partial charge in [0.15, 0.2) is 5.78 Å². The topological polar surface area (TPSA) is 105 Å². The summed E-state index contributed by atoms with van der Waals surface area (Å²) < 4.78 is 5.61. The number of nitrogens with one attached hydrogen (secondary N) is 2. The number of hydrogen-bond acceptors (Lipinski definition) is 5. The van der Waals surface area contributed by atoms with E-state index >= 15 is 0 Å². The molecule has 2 fully saturated rings. The second kappa shape index (κ2) is 9.35. The van der Waals surface area contributed by atoms with Gasteiger partial charge in [0, 0.05) is 12.0 Å². The van der Waals surface area contributed by atoms with Gasteiger partial charge in [0.1, 0.15) is 23.9 Å². The number of amides is 2. The second-order valence-corrected chi connectivity index (χ2v) is 9.25. The van der Waals surface area contributed by atoms with Gasteiger partial charge < -0.3 is 20.5 Å². The van der Waals surface area contributed by atoms with Gasteiger partial charge in [0.2, 0.25) is 5.91 Å². The molecule has 1 aliphatic carbocycles. The lowest BCUT2D eigenvalue weighted by molar-refractivity contribution is -0.131. The van der Waals surface area contributed by atoms with E-state index in [0.717, 1.165) is 24.0 Å². The van der Waals surface area contributed by atoms with Crippen LogP contribution in [0.3, 0.4) is 0 Å². The average molecular weight is 451 g/mol. The van der Waals surface area contributed by atoms with Crippen LogP contribution < -0.4 is 10.6 Å². The molecule has 1 saturated heterocycles. The molecule has 1 saturated carbocycles. The van der Waals surface area contributed by atoms with Crippen molar-refractivity contribution in [3.63, 3.8) is 0 Å². The number of ether oxygens (including phenoxy) is 1. The molecule has 2 amide bonds. The number of hydrogen-bond donors (Lipinski definition) is 3. The van der Waals surface area contributed by atoms with Crippen LogP contribution in [0.2, 0.25) is 0 Å². The summed E-state index contributed by atoms with van der Waals surface area (Å²) in [6.07, 6.45) is 1.97. The third kappa shape index (κ3) is 4.78. The molecule has 3 N–H and O–H groups in total. The summed E-state index contributed by atoms with van der Waals surface area (Å²) in [6, 6.07) is 12.9. The minimum Gasteiger partial charge on any atom is -0.508 e. The maximum atomic E-state index is 13.4. The van der Waals surface area contributed by atoms with Crippen LogP contribution in [0.4, 0.5) is 0 Å². The Morgan fingerprint density at radius 3 is 2.48 bits per heavy atom. The fraction of sp³-hybridized carbons (Fsp3) is 0.423. The highest BCUT2D eigenvalue weighted by Crippen LogP contribution is 2.37. The number of carbonyl (C=O) groups is 3. The lowest BCUT2D eigenvalue weighted by atomic mass is 9.91. The maximum Gasteiger partial charge on any atom is 0.251 e. The summed E-state index contributed by atoms with van der Waals surface area (Å²) in [5, 5.41) is 15.4. The van der Waals surface area contributed by atoms with Gasteiger partial charge in [0.25, 0.3) is 5.91 Å². The molecule has 0 spiro atoms. The van der Waals surface area contributed by atoms with Crippen molar-refractivity contribution in [3.05, 3.63) is 65.2 Å². The zero-order valence-electron chi connectivity index (χ0n) is 19.0. The molecule has 3 unspecified atom stereocenters. The molecule has 174 valence electrons. The third-order valence-corrected chi connectivity index (χ3v) is 6.68. The molecule has 7 heteroatoms. The van der Waals surface area contributed by atoms with E-state index in [4.69, 9.17) is 4.74 Å². The van der Waals surface area contributed by atoms with Crippen molar-refractivity contribution in [1.82, 2.24) is 10.6 Å². The molecule has 33 heavy (non-hydrogen) atoms. The molecular weight excluding hydrogens is 420 g/mol. The molecule has 2 aliphatic rings. The summed E-state index contributed by atoms with van der Waals surface area (Å²) in [7, 11) is 0. The Morgan fingerprint density at radius 1 is 1.12 bits per heavy atom. The Morgan fingerprint density at radius 2 is 1.82 bits per heavy atom. The molecule has 4 rings (SSSR count). The highest BCUT2D eigenvalue weighted by atomic mass is 16.5. The van der Waals surface area contributed by atoms with Gasteiger partial charge >= 0.3 is 0 Å². The van der Waals surface area contributed by atoms with E-state index in [0.29, 0.717) is 17.9 Å². The van der Waals surface area contributed by atoms with E-state index < -0.39 is 17.5 Å². The predicted octanol–water partition coefficient (Wildman–Crippen LogP) is 2.86. The second-order valence-electron chi connectivity index (χ2n) is 9.25. The Bertz CT molecular complexity index is 1030. The fourth-order valence-corrected chi connectivity index (χ4v) is 4.68. The number of phenols is 1. The number of rotatable bonds is 7. The van der Waals surface area contributed by atoms with Gasteiger partial charge in [-0.1, -0.05) is 38.1 Å². The van der Waals surface area contributed by atoms with Gasteiger partial charge in [-0.25, -0.2) is 0 Å². The van der Waals surface area contributed by atoms with Crippen LogP contribution in [-0.4, -0.2) is 47.0 Å². The first kappa shape index (κ1) is 23.0. The largest absolute Gasteiger partial charge is 0.508 e. The molecule has 2 aromatic rings. The average Bonchev–Trinajstić information content (AvgIpc) is 3.34. The quantitative estimate of drug-likeness (QED) is 0.602. The highest BCUT2D eigenvalue weighted by molar-refractivity contribution is 6.00. The Kier molecular flexibility index (Phi) is 6.51. The van der Waals surface area contributed by atoms with Crippen molar-refractivity contribution >= 4 is 17.6 Å². The number of Topliss-reactive ketones (excluding diaryl/α,β-unsaturated/α-hetero) is 1. The molecule has 0 radical (unpaired) electrons. The number of benzene rings is 2. The van der Waals surface area contributed by atoms with Gasteiger partial charge in [-0.3, -0.25) is 14.4 Å². The van der Waals surface area contributed by atoms with E-state index in [9.17, 15) is 19.5 Å². The summed E-state index contributed by atoms with van der Waals surface area (Å²) in [5.74, 6) is -0.424. The number of carbonyl (C=O) groups excluding carboxylic acids is 3. The molecule has 2 aromatic carbocycles. The highest BCUT2D eigenvalue weighted by Gasteiger charge is 2.55. The molecule has 3 atom stereocenters. The smallest absolute Gasteiger partial charge is 0.251 e. The summed E-state index contributed by atoms with van der Waals surface area (Å²) >= 11 is 0. The van der Waals surface area contributed by atoms with E-state index in [1.54, 1.807) is 24.3 Å². The molecule has 1 heterocycles. The first-order chi connectivity index (χ1) is 15.8. The van der Waals surface area contributed by atoms with E-state index in [-0.39, 0.29) is 36.6 Å². The fourth-order valence-electron chi connectivity index (χ4n) is 4.68. The van der Waals surface area contributed by atoms with Crippen molar-refractivity contribution in [2.75, 3.05) is 6.61 Å². The van der Waals surface area contributed by atoms with Gasteiger partial charge in [0.05, 0.1) is 6.10 Å². The monoisotopic (exact) mass is 450 g/mol. The minimum atomic E-state index is -1.01. The van der Waals surface area contributed by atoms with Crippen LogP contribution in [0.5, 0.6) is 5.75 Å². The van der Waals surface area contributed by atoms with Crippen molar-refractivity contribution in [1.29, 1.82) is 0 Å². The standard InChI is InChI=1S/C26H30N2O5/c1-16(2)18-7-9-19(10-8-18)24(31)27-21(14-17-5-11-20(29)12-6-17)25(32)28-26-13-3-4-23(26)33-15-22(26)30/h5-12,16,21,23,29H,3-4,13-15H2,1-2H3,(H,27,31)(H,28,32). The first-order valence-electron chi connectivity index (χ1n) is 11.4. The molecular formula is C26H30N2O5. The van der Waals surface area contributed by atoms with Crippen LogP contribution in [0.25, 0.3) is 0 Å². The molecule has 7 nitrogen and oxygen atoms in total. The summed E-state index contributed by atoms with van der Waals surface area (Å²) in [5.41, 5.74) is 1.35. The van der Waals surface area contributed by atoms with Crippen LogP contribution in [-0.2, 0) is 20.7 Å². The number of aromatic hydroxyl groups is 1. The van der Waals surface area contributed by atoms with Crippen molar-refractivity contribution < 1.29 is 24.2 Å². The minimum absolute atomic E-state index is 0.00212. The van der Waals surface area contributed by atoms with Gasteiger partial charge in [-0.2, -0.15) is 0 Å². The lowest BCUT2D eigenvalue weighted by Crippen LogP contribution is -2.60. The normalized spacial score (nSPS) is 22.8. The zero-order chi connectivity index (χ0) is 23.6. The van der Waals surface area contributed by atoms with Crippen LogP contribution in [0, 0.1) is 0 Å². The summed E-state index contributed by atoms with van der Waals surface area (Å²) in [6.45, 7) is 4.16. The SMILES string of the molecule is CC(C)c1ccc(C(=O)NC(Cc2ccc(O)cc2)C(=O)NC23CCCC2OCC3=O)cc1. The van der Waals surface area contributed by atoms with Gasteiger partial charge in [-0.15, -0.1) is 0 Å². The van der Waals surface area contributed by atoms with Crippen LogP contribution >= 0.6 is 0 Å².